The highest BCUT2D eigenvalue weighted by Gasteiger charge is 2.41. The second-order valence-electron chi connectivity index (χ2n) is 6.78. The molecule has 3 rings (SSSR count). The lowest BCUT2D eigenvalue weighted by Gasteiger charge is -2.33. The highest BCUT2D eigenvalue weighted by Crippen LogP contribution is 2.35. The summed E-state index contributed by atoms with van der Waals surface area (Å²) in [6.07, 6.45) is 0. The van der Waals surface area contributed by atoms with E-state index in [4.69, 9.17) is 0 Å². The van der Waals surface area contributed by atoms with E-state index in [-0.39, 0.29) is 17.4 Å². The van der Waals surface area contributed by atoms with Gasteiger partial charge in [0.15, 0.2) is 0 Å². The molecule has 0 fully saturated rings. The quantitative estimate of drug-likeness (QED) is 0.945. The molecule has 0 radical (unpaired) electrons. The lowest BCUT2D eigenvalue weighted by atomic mass is 9.76. The molecule has 0 aliphatic carbocycles. The van der Waals surface area contributed by atoms with Gasteiger partial charge in [-0.3, -0.25) is 4.79 Å². The van der Waals surface area contributed by atoms with Crippen LogP contribution in [0.5, 0.6) is 0 Å². The molecule has 120 valence electrons. The summed E-state index contributed by atoms with van der Waals surface area (Å²) in [4.78, 5) is 15.1. The van der Waals surface area contributed by atoms with Crippen molar-refractivity contribution in [3.8, 4) is 0 Å². The van der Waals surface area contributed by atoms with Gasteiger partial charge in [0.05, 0.1) is 6.04 Å². The fourth-order valence-electron chi connectivity index (χ4n) is 3.64. The van der Waals surface area contributed by atoms with Crippen LogP contribution in [0.1, 0.15) is 30.5 Å². The predicted molar refractivity (Wildman–Crippen MR) is 93.0 cm³/mol. The Morgan fingerprint density at radius 2 is 1.74 bits per heavy atom. The minimum Gasteiger partial charge on any atom is -0.333 e. The zero-order valence-corrected chi connectivity index (χ0v) is 14.0. The molecule has 0 spiro atoms. The molecule has 1 aliphatic rings. The van der Waals surface area contributed by atoms with E-state index in [2.05, 4.69) is 55.6 Å². The molecule has 3 heteroatoms. The van der Waals surface area contributed by atoms with Crippen LogP contribution in [0.15, 0.2) is 54.6 Å². The van der Waals surface area contributed by atoms with Crippen molar-refractivity contribution in [1.29, 1.82) is 0 Å². The molecular weight excluding hydrogens is 284 g/mol. The number of likely N-dealkylation sites (N-methyl/N-ethyl adjacent to an activating group) is 1. The van der Waals surface area contributed by atoms with Gasteiger partial charge >= 0.3 is 0 Å². The van der Waals surface area contributed by atoms with Crippen LogP contribution in [-0.2, 0) is 23.3 Å². The van der Waals surface area contributed by atoms with Crippen LogP contribution >= 0.6 is 0 Å². The average molecular weight is 308 g/mol. The van der Waals surface area contributed by atoms with E-state index in [1.165, 1.54) is 11.1 Å². The molecule has 1 aliphatic heterocycles. The summed E-state index contributed by atoms with van der Waals surface area (Å²) >= 11 is 0. The Balaban J connectivity index is 2.01. The SMILES string of the molecule is CNC1C(=O)N(Cc2ccccc2)Cc2ccccc2C1(C)C. The first-order valence-corrected chi connectivity index (χ1v) is 8.12. The van der Waals surface area contributed by atoms with Crippen molar-refractivity contribution < 1.29 is 4.79 Å². The van der Waals surface area contributed by atoms with Gasteiger partial charge in [-0.1, -0.05) is 68.4 Å². The smallest absolute Gasteiger partial charge is 0.241 e. The normalized spacial score (nSPS) is 20.0. The third kappa shape index (κ3) is 2.89. The summed E-state index contributed by atoms with van der Waals surface area (Å²) in [5, 5.41) is 3.25. The van der Waals surface area contributed by atoms with Crippen LogP contribution < -0.4 is 5.32 Å². The summed E-state index contributed by atoms with van der Waals surface area (Å²) in [7, 11) is 1.87. The second-order valence-corrected chi connectivity index (χ2v) is 6.78. The van der Waals surface area contributed by atoms with Crippen molar-refractivity contribution in [2.24, 2.45) is 0 Å². The lowest BCUT2D eigenvalue weighted by Crippen LogP contribution is -2.52. The number of nitrogens with one attached hydrogen (secondary N) is 1. The molecule has 0 saturated heterocycles. The van der Waals surface area contributed by atoms with Crippen LogP contribution in [0.25, 0.3) is 0 Å². The van der Waals surface area contributed by atoms with Crippen molar-refractivity contribution in [1.82, 2.24) is 10.2 Å². The third-order valence-corrected chi connectivity index (χ3v) is 4.86. The first kappa shape index (κ1) is 15.8. The number of carbonyl (C=O) groups is 1. The van der Waals surface area contributed by atoms with Gasteiger partial charge in [0, 0.05) is 18.5 Å². The number of nitrogens with zero attached hydrogens (tertiary/aromatic N) is 1. The van der Waals surface area contributed by atoms with Crippen molar-refractivity contribution in [2.45, 2.75) is 38.4 Å². The second kappa shape index (κ2) is 6.17. The van der Waals surface area contributed by atoms with Gasteiger partial charge in [0.2, 0.25) is 5.91 Å². The fourth-order valence-corrected chi connectivity index (χ4v) is 3.64. The highest BCUT2D eigenvalue weighted by atomic mass is 16.2. The van der Waals surface area contributed by atoms with Crippen LogP contribution in [0.2, 0.25) is 0 Å². The van der Waals surface area contributed by atoms with Crippen molar-refractivity contribution in [3.63, 3.8) is 0 Å². The molecule has 0 saturated carbocycles. The van der Waals surface area contributed by atoms with E-state index in [9.17, 15) is 4.79 Å². The minimum atomic E-state index is -0.242. The van der Waals surface area contributed by atoms with Gasteiger partial charge in [-0.25, -0.2) is 0 Å². The summed E-state index contributed by atoms with van der Waals surface area (Å²) < 4.78 is 0. The third-order valence-electron chi connectivity index (χ3n) is 4.86. The lowest BCUT2D eigenvalue weighted by molar-refractivity contribution is -0.135. The highest BCUT2D eigenvalue weighted by molar-refractivity contribution is 5.84. The Hall–Kier alpha value is -2.13. The molecule has 23 heavy (non-hydrogen) atoms. The summed E-state index contributed by atoms with van der Waals surface area (Å²) in [5.74, 6) is 0.164. The predicted octanol–water partition coefficient (Wildman–Crippen LogP) is 3.09. The van der Waals surface area contributed by atoms with E-state index in [0.717, 1.165) is 5.56 Å². The Bertz CT molecular complexity index is 694. The number of carbonyl (C=O) groups excluding carboxylic acids is 1. The first-order valence-electron chi connectivity index (χ1n) is 8.12. The molecule has 1 unspecified atom stereocenters. The Labute approximate surface area is 138 Å². The van der Waals surface area contributed by atoms with Gasteiger partial charge in [-0.15, -0.1) is 0 Å². The summed E-state index contributed by atoms with van der Waals surface area (Å²) in [6, 6.07) is 18.4. The van der Waals surface area contributed by atoms with Gasteiger partial charge in [0.25, 0.3) is 0 Å². The number of fused-ring (bicyclic) bond motifs is 1. The Morgan fingerprint density at radius 3 is 2.43 bits per heavy atom. The fraction of sp³-hybridized carbons (Fsp3) is 0.350. The maximum Gasteiger partial charge on any atom is 0.241 e. The van der Waals surface area contributed by atoms with Crippen LogP contribution in [-0.4, -0.2) is 23.9 Å². The van der Waals surface area contributed by atoms with E-state index >= 15 is 0 Å². The van der Waals surface area contributed by atoms with Crippen molar-refractivity contribution >= 4 is 5.91 Å². The Kier molecular flexibility index (Phi) is 4.22. The van der Waals surface area contributed by atoms with Crippen molar-refractivity contribution in [2.75, 3.05) is 7.05 Å². The maximum atomic E-state index is 13.1. The largest absolute Gasteiger partial charge is 0.333 e. The maximum absolute atomic E-state index is 13.1. The molecule has 1 atom stereocenters. The summed E-state index contributed by atoms with van der Waals surface area (Å²) in [5.41, 5.74) is 3.41. The molecule has 3 nitrogen and oxygen atoms in total. The minimum absolute atomic E-state index is 0.164. The first-order chi connectivity index (χ1) is 11.0. The zero-order chi connectivity index (χ0) is 16.4. The molecular formula is C20H24N2O. The van der Waals surface area contributed by atoms with Crippen LogP contribution in [0.3, 0.4) is 0 Å². The number of amides is 1. The van der Waals surface area contributed by atoms with Crippen molar-refractivity contribution in [3.05, 3.63) is 71.3 Å². The van der Waals surface area contributed by atoms with Crippen LogP contribution in [0.4, 0.5) is 0 Å². The molecule has 1 heterocycles. The molecule has 2 aromatic carbocycles. The van der Waals surface area contributed by atoms with E-state index in [0.29, 0.717) is 13.1 Å². The van der Waals surface area contributed by atoms with E-state index in [1.54, 1.807) is 0 Å². The molecule has 0 bridgehead atoms. The zero-order valence-electron chi connectivity index (χ0n) is 14.0. The molecule has 0 aromatic heterocycles. The number of benzene rings is 2. The van der Waals surface area contributed by atoms with Gasteiger partial charge in [-0.2, -0.15) is 0 Å². The molecule has 1 N–H and O–H groups in total. The number of hydrogen-bond donors (Lipinski definition) is 1. The Morgan fingerprint density at radius 1 is 1.09 bits per heavy atom. The van der Waals surface area contributed by atoms with Gasteiger partial charge < -0.3 is 10.2 Å². The van der Waals surface area contributed by atoms with E-state index in [1.807, 2.05) is 30.1 Å². The van der Waals surface area contributed by atoms with Gasteiger partial charge in [-0.05, 0) is 23.7 Å². The standard InChI is InChI=1S/C20H24N2O/c1-20(2)17-12-8-7-11-16(17)14-22(19(23)18(20)21-3)13-15-9-5-4-6-10-15/h4-12,18,21H,13-14H2,1-3H3. The van der Waals surface area contributed by atoms with Gasteiger partial charge in [0.1, 0.15) is 0 Å². The van der Waals surface area contributed by atoms with E-state index < -0.39 is 0 Å². The molecule has 2 aromatic rings. The topological polar surface area (TPSA) is 32.3 Å². The monoisotopic (exact) mass is 308 g/mol. The summed E-state index contributed by atoms with van der Waals surface area (Å²) in [6.45, 7) is 5.60. The number of hydrogen-bond acceptors (Lipinski definition) is 2. The average Bonchev–Trinajstić information content (AvgIpc) is 2.62. The molecule has 1 amide bonds. The number of rotatable bonds is 3. The van der Waals surface area contributed by atoms with Crippen LogP contribution in [0, 0.1) is 0 Å².